The van der Waals surface area contributed by atoms with Gasteiger partial charge in [0.05, 0.1) is 0 Å². The number of aliphatic hydroxyl groups is 1. The molecule has 0 saturated carbocycles. The maximum atomic E-state index is 10.6. The molecule has 1 unspecified atom stereocenters. The topological polar surface area (TPSA) is 20.2 Å². The van der Waals surface area contributed by atoms with E-state index in [0.717, 1.165) is 26.7 Å². The summed E-state index contributed by atoms with van der Waals surface area (Å²) in [7, 11) is 0. The van der Waals surface area contributed by atoms with Gasteiger partial charge in [-0.1, -0.05) is 70.5 Å². The van der Waals surface area contributed by atoms with Crippen LogP contribution in [0.4, 0.5) is 0 Å². The van der Waals surface area contributed by atoms with E-state index in [1.165, 1.54) is 0 Å². The lowest BCUT2D eigenvalue weighted by Gasteiger charge is -2.19. The van der Waals surface area contributed by atoms with Gasteiger partial charge in [-0.2, -0.15) is 0 Å². The van der Waals surface area contributed by atoms with Crippen LogP contribution in [-0.4, -0.2) is 5.11 Å². The zero-order chi connectivity index (χ0) is 12.8. The number of hydrogen-bond donors (Lipinski definition) is 1. The summed E-state index contributed by atoms with van der Waals surface area (Å²) in [5.74, 6) is 0. The van der Waals surface area contributed by atoms with Crippen LogP contribution >= 0.6 is 15.9 Å². The first kappa shape index (κ1) is 11.7. The summed E-state index contributed by atoms with van der Waals surface area (Å²) in [4.78, 5) is 0. The molecule has 1 aliphatic carbocycles. The average molecular weight is 301 g/mol. The number of rotatable bonds is 1. The summed E-state index contributed by atoms with van der Waals surface area (Å²) in [6, 6.07) is 18.1. The minimum atomic E-state index is -0.943. The monoisotopic (exact) mass is 300 g/mol. The zero-order valence-electron chi connectivity index (χ0n) is 10.0. The van der Waals surface area contributed by atoms with Crippen LogP contribution in [0.3, 0.4) is 0 Å². The molecule has 0 fully saturated rings. The van der Waals surface area contributed by atoms with Crippen molar-refractivity contribution in [3.8, 4) is 0 Å². The Morgan fingerprint density at radius 3 is 2.28 bits per heavy atom. The van der Waals surface area contributed by atoms with Gasteiger partial charge in [0.2, 0.25) is 0 Å². The Morgan fingerprint density at radius 1 is 0.944 bits per heavy atom. The molecule has 1 atom stereocenters. The zero-order valence-corrected chi connectivity index (χ0v) is 11.6. The summed E-state index contributed by atoms with van der Waals surface area (Å²) in [5.41, 5.74) is 3.31. The number of benzene rings is 2. The Morgan fingerprint density at radius 2 is 1.56 bits per heavy atom. The fraction of sp³-hybridized carbons (Fsp3) is 0.125. The van der Waals surface area contributed by atoms with Crippen molar-refractivity contribution in [3.05, 3.63) is 75.8 Å². The fourth-order valence-electron chi connectivity index (χ4n) is 2.49. The van der Waals surface area contributed by atoms with Gasteiger partial charge in [0, 0.05) is 10.1 Å². The van der Waals surface area contributed by atoms with E-state index in [1.54, 1.807) is 0 Å². The molecule has 0 saturated heterocycles. The third-order valence-corrected chi connectivity index (χ3v) is 4.60. The van der Waals surface area contributed by atoms with Crippen LogP contribution in [0.1, 0.15) is 23.6 Å². The van der Waals surface area contributed by atoms with E-state index in [-0.39, 0.29) is 0 Å². The molecule has 2 aromatic rings. The Kier molecular flexibility index (Phi) is 2.65. The lowest BCUT2D eigenvalue weighted by atomic mass is 9.97. The summed E-state index contributed by atoms with van der Waals surface area (Å²) in [5, 5.41) is 10.6. The molecule has 1 N–H and O–H groups in total. The average Bonchev–Trinajstić information content (AvgIpc) is 2.60. The molecular formula is C16H13BrO. The Labute approximate surface area is 115 Å². The van der Waals surface area contributed by atoms with Gasteiger partial charge < -0.3 is 5.11 Å². The van der Waals surface area contributed by atoms with E-state index in [4.69, 9.17) is 0 Å². The second kappa shape index (κ2) is 4.08. The van der Waals surface area contributed by atoms with Gasteiger partial charge in [-0.05, 0) is 23.6 Å². The normalized spacial score (nSPS) is 22.2. The number of fused-ring (bicyclic) bond motifs is 1. The van der Waals surface area contributed by atoms with Crippen molar-refractivity contribution in [2.45, 2.75) is 12.5 Å². The number of hydrogen-bond acceptors (Lipinski definition) is 1. The maximum absolute atomic E-state index is 10.6. The molecule has 1 nitrogen and oxygen atoms in total. The van der Waals surface area contributed by atoms with Crippen LogP contribution in [0, 0.1) is 0 Å². The van der Waals surface area contributed by atoms with Gasteiger partial charge in [0.25, 0.3) is 0 Å². The molecule has 0 heterocycles. The Hall–Kier alpha value is -1.38. The highest BCUT2D eigenvalue weighted by atomic mass is 79.9. The smallest absolute Gasteiger partial charge is 0.119 e. The van der Waals surface area contributed by atoms with Gasteiger partial charge in [0.15, 0.2) is 0 Å². The van der Waals surface area contributed by atoms with Crippen molar-refractivity contribution in [1.82, 2.24) is 0 Å². The second-order valence-electron chi connectivity index (χ2n) is 4.67. The van der Waals surface area contributed by atoms with Crippen LogP contribution in [-0.2, 0) is 5.60 Å². The van der Waals surface area contributed by atoms with Crippen LogP contribution in [0.15, 0.2) is 59.1 Å². The van der Waals surface area contributed by atoms with Crippen LogP contribution in [0.5, 0.6) is 0 Å². The summed E-state index contributed by atoms with van der Waals surface area (Å²) in [6.07, 6.45) is 0. The summed E-state index contributed by atoms with van der Waals surface area (Å²) >= 11 is 3.57. The molecular weight excluding hydrogens is 288 g/mol. The molecule has 1 aliphatic rings. The maximum Gasteiger partial charge on any atom is 0.119 e. The fourth-order valence-corrected chi connectivity index (χ4v) is 3.15. The summed E-state index contributed by atoms with van der Waals surface area (Å²) < 4.78 is 0.836. The lowest BCUT2D eigenvalue weighted by Crippen LogP contribution is -2.18. The first-order valence-corrected chi connectivity index (χ1v) is 6.69. The Bertz CT molecular complexity index is 627. The van der Waals surface area contributed by atoms with Crippen LogP contribution in [0.2, 0.25) is 0 Å². The third-order valence-electron chi connectivity index (χ3n) is 3.43. The van der Waals surface area contributed by atoms with E-state index >= 15 is 0 Å². The van der Waals surface area contributed by atoms with E-state index in [1.807, 2.05) is 43.3 Å². The van der Waals surface area contributed by atoms with Crippen molar-refractivity contribution >= 4 is 21.5 Å². The highest BCUT2D eigenvalue weighted by Crippen LogP contribution is 2.49. The molecule has 0 radical (unpaired) electrons. The van der Waals surface area contributed by atoms with Crippen molar-refractivity contribution in [1.29, 1.82) is 0 Å². The third kappa shape index (κ3) is 1.57. The standard InChI is InChI=1S/C16H13BrO/c1-16(18)13-10-6-5-9-12(13)14(15(16)17)11-7-3-2-4-8-11/h2-10,18H,1H3. The molecule has 0 bridgehead atoms. The van der Waals surface area contributed by atoms with Crippen molar-refractivity contribution in [3.63, 3.8) is 0 Å². The first-order chi connectivity index (χ1) is 8.62. The minimum absolute atomic E-state index is 0.836. The quantitative estimate of drug-likeness (QED) is 0.842. The van der Waals surface area contributed by atoms with E-state index in [9.17, 15) is 5.11 Å². The first-order valence-electron chi connectivity index (χ1n) is 5.90. The molecule has 0 aliphatic heterocycles. The molecule has 90 valence electrons. The molecule has 0 aromatic heterocycles. The molecule has 0 spiro atoms. The predicted octanol–water partition coefficient (Wildman–Crippen LogP) is 4.06. The highest BCUT2D eigenvalue weighted by molar-refractivity contribution is 9.12. The van der Waals surface area contributed by atoms with E-state index in [2.05, 4.69) is 34.1 Å². The molecule has 0 amide bonds. The summed E-state index contributed by atoms with van der Waals surface area (Å²) in [6.45, 7) is 1.83. The van der Waals surface area contributed by atoms with Gasteiger partial charge in [0.1, 0.15) is 5.60 Å². The van der Waals surface area contributed by atoms with Gasteiger partial charge in [-0.25, -0.2) is 0 Å². The van der Waals surface area contributed by atoms with E-state index < -0.39 is 5.60 Å². The minimum Gasteiger partial charge on any atom is -0.380 e. The van der Waals surface area contributed by atoms with Crippen LogP contribution < -0.4 is 0 Å². The van der Waals surface area contributed by atoms with Gasteiger partial charge in [-0.15, -0.1) is 0 Å². The van der Waals surface area contributed by atoms with Crippen molar-refractivity contribution in [2.75, 3.05) is 0 Å². The molecule has 2 heteroatoms. The molecule has 3 rings (SSSR count). The van der Waals surface area contributed by atoms with Crippen LogP contribution in [0.25, 0.3) is 5.57 Å². The second-order valence-corrected chi connectivity index (χ2v) is 5.47. The predicted molar refractivity (Wildman–Crippen MR) is 77.4 cm³/mol. The lowest BCUT2D eigenvalue weighted by molar-refractivity contribution is 0.111. The van der Waals surface area contributed by atoms with Gasteiger partial charge in [-0.3, -0.25) is 0 Å². The SMILES string of the molecule is CC1(O)C(Br)=C(c2ccccc2)c2ccccc21. The van der Waals surface area contributed by atoms with Crippen molar-refractivity contribution < 1.29 is 5.11 Å². The largest absolute Gasteiger partial charge is 0.380 e. The number of halogens is 1. The highest BCUT2D eigenvalue weighted by Gasteiger charge is 2.38. The Balaban J connectivity index is 2.30. The van der Waals surface area contributed by atoms with E-state index in [0.29, 0.717) is 0 Å². The van der Waals surface area contributed by atoms with Gasteiger partial charge >= 0.3 is 0 Å². The molecule has 18 heavy (non-hydrogen) atoms. The van der Waals surface area contributed by atoms with Crippen molar-refractivity contribution in [2.24, 2.45) is 0 Å². The molecule has 2 aromatic carbocycles.